The molecule has 0 aromatic carbocycles. The van der Waals surface area contributed by atoms with Crippen molar-refractivity contribution in [2.45, 2.75) is 20.3 Å². The predicted molar refractivity (Wildman–Crippen MR) is 53.5 cm³/mol. The van der Waals surface area contributed by atoms with Crippen molar-refractivity contribution in [2.24, 2.45) is 0 Å². The van der Waals surface area contributed by atoms with Gasteiger partial charge < -0.3 is 5.32 Å². The Morgan fingerprint density at radius 1 is 1.69 bits per heavy atom. The topological polar surface area (TPSA) is 32.3 Å². The van der Waals surface area contributed by atoms with Crippen molar-refractivity contribution in [3.8, 4) is 0 Å². The van der Waals surface area contributed by atoms with Gasteiger partial charge in [0.25, 0.3) is 0 Å². The Morgan fingerprint density at radius 3 is 3.00 bits per heavy atom. The molecule has 0 bridgehead atoms. The van der Waals surface area contributed by atoms with Crippen molar-refractivity contribution < 1.29 is 4.79 Å². The molecule has 1 aliphatic rings. The molecule has 1 aliphatic heterocycles. The van der Waals surface area contributed by atoms with E-state index in [0.717, 1.165) is 26.1 Å². The molecular weight excluding hydrogens is 164 g/mol. The summed E-state index contributed by atoms with van der Waals surface area (Å²) in [6.45, 7) is 7.28. The molecule has 0 atom stereocenters. The van der Waals surface area contributed by atoms with E-state index in [1.807, 2.05) is 6.92 Å². The van der Waals surface area contributed by atoms with Crippen LogP contribution in [0.1, 0.15) is 20.3 Å². The van der Waals surface area contributed by atoms with Gasteiger partial charge in [-0.2, -0.15) is 0 Å². The van der Waals surface area contributed by atoms with Crippen LogP contribution in [0.2, 0.25) is 0 Å². The third kappa shape index (κ3) is 3.59. The van der Waals surface area contributed by atoms with Gasteiger partial charge in [-0.3, -0.25) is 9.69 Å². The minimum atomic E-state index is 0.135. The highest BCUT2D eigenvalue weighted by Gasteiger charge is 2.11. The molecule has 0 radical (unpaired) electrons. The molecule has 1 rings (SSSR count). The summed E-state index contributed by atoms with van der Waals surface area (Å²) in [5.41, 5.74) is 1.44. The number of hydrogen-bond donors (Lipinski definition) is 1. The molecule has 1 amide bonds. The molecule has 3 heteroatoms. The van der Waals surface area contributed by atoms with E-state index >= 15 is 0 Å². The highest BCUT2D eigenvalue weighted by molar-refractivity contribution is 5.77. The van der Waals surface area contributed by atoms with E-state index in [2.05, 4.69) is 23.2 Å². The van der Waals surface area contributed by atoms with Crippen LogP contribution in [0.4, 0.5) is 0 Å². The van der Waals surface area contributed by atoms with Gasteiger partial charge in [0.1, 0.15) is 0 Å². The van der Waals surface area contributed by atoms with Crippen LogP contribution in [0.5, 0.6) is 0 Å². The van der Waals surface area contributed by atoms with Crippen LogP contribution < -0.4 is 5.32 Å². The van der Waals surface area contributed by atoms with Crippen LogP contribution in [-0.4, -0.2) is 37.0 Å². The lowest BCUT2D eigenvalue weighted by Gasteiger charge is -2.24. The zero-order chi connectivity index (χ0) is 9.68. The molecule has 1 N–H and O–H groups in total. The van der Waals surface area contributed by atoms with Crippen LogP contribution in [-0.2, 0) is 4.79 Å². The fourth-order valence-corrected chi connectivity index (χ4v) is 1.41. The summed E-state index contributed by atoms with van der Waals surface area (Å²) in [7, 11) is 0. The summed E-state index contributed by atoms with van der Waals surface area (Å²) < 4.78 is 0. The predicted octanol–water partition coefficient (Wildman–Crippen LogP) is 0.774. The standard InChI is InChI=1S/C10H18N2O/c1-3-11-10(13)8-12-6-4-9(2)5-7-12/h4H,3,5-8H2,1-2H3,(H,11,13). The van der Waals surface area contributed by atoms with Crippen molar-refractivity contribution in [1.29, 1.82) is 0 Å². The lowest BCUT2D eigenvalue weighted by Crippen LogP contribution is -2.39. The molecule has 0 aliphatic carbocycles. The molecule has 3 nitrogen and oxygen atoms in total. The summed E-state index contributed by atoms with van der Waals surface area (Å²) in [6.07, 6.45) is 3.29. The van der Waals surface area contributed by atoms with Gasteiger partial charge in [0.15, 0.2) is 0 Å². The maximum atomic E-state index is 11.2. The van der Waals surface area contributed by atoms with Gasteiger partial charge >= 0.3 is 0 Å². The monoisotopic (exact) mass is 182 g/mol. The number of amides is 1. The Balaban J connectivity index is 2.27. The van der Waals surface area contributed by atoms with Crippen molar-refractivity contribution in [2.75, 3.05) is 26.2 Å². The average Bonchev–Trinajstić information content (AvgIpc) is 2.09. The largest absolute Gasteiger partial charge is 0.355 e. The van der Waals surface area contributed by atoms with E-state index in [9.17, 15) is 4.79 Å². The van der Waals surface area contributed by atoms with Crippen LogP contribution in [0.15, 0.2) is 11.6 Å². The highest BCUT2D eigenvalue weighted by atomic mass is 16.2. The molecule has 1 heterocycles. The van der Waals surface area contributed by atoms with E-state index < -0.39 is 0 Å². The Hall–Kier alpha value is -0.830. The first-order chi connectivity index (χ1) is 6.22. The Bertz CT molecular complexity index is 211. The molecule has 0 saturated carbocycles. The Labute approximate surface area is 79.8 Å². The number of carbonyl (C=O) groups is 1. The average molecular weight is 182 g/mol. The number of likely N-dealkylation sites (N-methyl/N-ethyl adjacent to an activating group) is 1. The maximum Gasteiger partial charge on any atom is 0.234 e. The molecule has 0 saturated heterocycles. The van der Waals surface area contributed by atoms with Crippen molar-refractivity contribution in [3.63, 3.8) is 0 Å². The zero-order valence-corrected chi connectivity index (χ0v) is 8.47. The number of carbonyl (C=O) groups excluding carboxylic acids is 1. The fraction of sp³-hybridized carbons (Fsp3) is 0.700. The molecule has 13 heavy (non-hydrogen) atoms. The van der Waals surface area contributed by atoms with E-state index in [1.54, 1.807) is 0 Å². The second-order valence-corrected chi connectivity index (χ2v) is 3.49. The number of nitrogens with one attached hydrogen (secondary N) is 1. The number of hydrogen-bond acceptors (Lipinski definition) is 2. The second-order valence-electron chi connectivity index (χ2n) is 3.49. The van der Waals surface area contributed by atoms with Crippen LogP contribution in [0.3, 0.4) is 0 Å². The number of rotatable bonds is 3. The minimum Gasteiger partial charge on any atom is -0.355 e. The smallest absolute Gasteiger partial charge is 0.234 e. The number of nitrogens with zero attached hydrogens (tertiary/aromatic N) is 1. The normalized spacial score (nSPS) is 18.2. The van der Waals surface area contributed by atoms with Gasteiger partial charge in [0, 0.05) is 19.6 Å². The zero-order valence-electron chi connectivity index (χ0n) is 8.47. The molecule has 0 unspecified atom stereocenters. The van der Waals surface area contributed by atoms with Crippen molar-refractivity contribution in [1.82, 2.24) is 10.2 Å². The second kappa shape index (κ2) is 5.02. The van der Waals surface area contributed by atoms with Crippen LogP contribution in [0.25, 0.3) is 0 Å². The van der Waals surface area contributed by atoms with Crippen LogP contribution >= 0.6 is 0 Å². The summed E-state index contributed by atoms with van der Waals surface area (Å²) in [6, 6.07) is 0. The Morgan fingerprint density at radius 2 is 2.46 bits per heavy atom. The maximum absolute atomic E-state index is 11.2. The SMILES string of the molecule is CCNC(=O)CN1CC=C(C)CC1. The first kappa shape index (κ1) is 10.3. The van der Waals surface area contributed by atoms with E-state index in [1.165, 1.54) is 5.57 Å². The van der Waals surface area contributed by atoms with Gasteiger partial charge in [0.2, 0.25) is 5.91 Å². The lowest BCUT2D eigenvalue weighted by molar-refractivity contribution is -0.122. The summed E-state index contributed by atoms with van der Waals surface area (Å²) in [5.74, 6) is 0.135. The van der Waals surface area contributed by atoms with Gasteiger partial charge in [-0.25, -0.2) is 0 Å². The van der Waals surface area contributed by atoms with Gasteiger partial charge in [-0.1, -0.05) is 11.6 Å². The first-order valence-electron chi connectivity index (χ1n) is 4.87. The molecule has 74 valence electrons. The van der Waals surface area contributed by atoms with Gasteiger partial charge in [-0.15, -0.1) is 0 Å². The summed E-state index contributed by atoms with van der Waals surface area (Å²) in [5, 5.41) is 2.80. The van der Waals surface area contributed by atoms with Gasteiger partial charge in [0.05, 0.1) is 6.54 Å². The molecule has 0 spiro atoms. The summed E-state index contributed by atoms with van der Waals surface area (Å²) in [4.78, 5) is 13.4. The van der Waals surface area contributed by atoms with Crippen molar-refractivity contribution in [3.05, 3.63) is 11.6 Å². The summed E-state index contributed by atoms with van der Waals surface area (Å²) >= 11 is 0. The quantitative estimate of drug-likeness (QED) is 0.654. The molecule has 0 aromatic heterocycles. The van der Waals surface area contributed by atoms with E-state index in [0.29, 0.717) is 6.54 Å². The molecule has 0 aromatic rings. The molecule has 0 fully saturated rings. The third-order valence-corrected chi connectivity index (χ3v) is 2.26. The third-order valence-electron chi connectivity index (χ3n) is 2.26. The van der Waals surface area contributed by atoms with Gasteiger partial charge in [-0.05, 0) is 20.3 Å². The minimum absolute atomic E-state index is 0.135. The Kier molecular flexibility index (Phi) is 3.96. The van der Waals surface area contributed by atoms with E-state index in [4.69, 9.17) is 0 Å². The van der Waals surface area contributed by atoms with Crippen LogP contribution in [0, 0.1) is 0 Å². The molecular formula is C10H18N2O. The first-order valence-corrected chi connectivity index (χ1v) is 4.87. The highest BCUT2D eigenvalue weighted by Crippen LogP contribution is 2.08. The van der Waals surface area contributed by atoms with E-state index in [-0.39, 0.29) is 5.91 Å². The van der Waals surface area contributed by atoms with Crippen molar-refractivity contribution >= 4 is 5.91 Å². The lowest BCUT2D eigenvalue weighted by atomic mass is 10.1. The fourth-order valence-electron chi connectivity index (χ4n) is 1.41.